The van der Waals surface area contributed by atoms with E-state index in [1.807, 2.05) is 42.5 Å². The van der Waals surface area contributed by atoms with E-state index < -0.39 is 6.10 Å². The van der Waals surface area contributed by atoms with Crippen molar-refractivity contribution in [2.75, 3.05) is 31.2 Å². The molecule has 4 aromatic rings. The molecule has 1 aromatic heterocycles. The predicted octanol–water partition coefficient (Wildman–Crippen LogP) is 2.44. The minimum atomic E-state index is -0.739. The van der Waals surface area contributed by atoms with Crippen LogP contribution in [0.25, 0.3) is 32.9 Å². The molecule has 0 bridgehead atoms. The summed E-state index contributed by atoms with van der Waals surface area (Å²) in [6.07, 6.45) is 0.109. The number of benzene rings is 3. The fourth-order valence-electron chi connectivity index (χ4n) is 4.09. The van der Waals surface area contributed by atoms with E-state index in [0.29, 0.717) is 6.54 Å². The average Bonchev–Trinajstić information content (AvgIpc) is 2.78. The zero-order valence-corrected chi connectivity index (χ0v) is 17.5. The first-order valence-corrected chi connectivity index (χ1v) is 10.6. The number of aryl methyl sites for hydroxylation is 1. The van der Waals surface area contributed by atoms with Gasteiger partial charge in [-0.2, -0.15) is 4.57 Å². The van der Waals surface area contributed by atoms with Crippen LogP contribution in [0.5, 0.6) is 0 Å². The molecular weight excluding hydrogens is 388 g/mol. The SMILES string of the molecule is Nc1ccc2c(c1)c(-c1ccccc1)[n+](CCCNC[C@H](O)CO)c1cc(N)ccc21. The van der Waals surface area contributed by atoms with E-state index in [0.717, 1.165) is 63.8 Å². The number of aromatic nitrogens is 1. The van der Waals surface area contributed by atoms with E-state index in [4.69, 9.17) is 16.6 Å². The zero-order chi connectivity index (χ0) is 21.8. The number of nitrogens with one attached hydrogen (secondary N) is 1. The zero-order valence-electron chi connectivity index (χ0n) is 17.5. The summed E-state index contributed by atoms with van der Waals surface area (Å²) in [5.74, 6) is 0. The summed E-state index contributed by atoms with van der Waals surface area (Å²) in [5, 5.41) is 25.1. The molecule has 0 radical (unpaired) electrons. The quantitative estimate of drug-likeness (QED) is 0.131. The number of aliphatic hydroxyl groups is 2. The summed E-state index contributed by atoms with van der Waals surface area (Å²) in [6, 6.07) is 22.4. The molecule has 0 saturated carbocycles. The molecular formula is C25H29N4O2+. The number of nitrogens with zero attached hydrogens (tertiary/aromatic N) is 1. The lowest BCUT2D eigenvalue weighted by molar-refractivity contribution is -0.659. The molecule has 0 aliphatic heterocycles. The number of anilines is 2. The van der Waals surface area contributed by atoms with E-state index in [9.17, 15) is 5.11 Å². The Morgan fingerprint density at radius 2 is 1.58 bits per heavy atom. The van der Waals surface area contributed by atoms with Crippen molar-refractivity contribution in [3.63, 3.8) is 0 Å². The van der Waals surface area contributed by atoms with Gasteiger partial charge in [-0.05, 0) is 36.4 Å². The van der Waals surface area contributed by atoms with Gasteiger partial charge in [0.15, 0.2) is 6.54 Å². The van der Waals surface area contributed by atoms with Crippen LogP contribution >= 0.6 is 0 Å². The molecule has 3 aromatic carbocycles. The van der Waals surface area contributed by atoms with Crippen LogP contribution in [0.1, 0.15) is 6.42 Å². The fraction of sp³-hybridized carbons (Fsp3) is 0.240. The number of aliphatic hydroxyl groups excluding tert-OH is 2. The highest BCUT2D eigenvalue weighted by Gasteiger charge is 2.23. The van der Waals surface area contributed by atoms with Crippen molar-refractivity contribution in [1.29, 1.82) is 0 Å². The third-order valence-corrected chi connectivity index (χ3v) is 5.54. The minimum Gasteiger partial charge on any atom is -0.399 e. The number of nitrogen functional groups attached to an aromatic ring is 2. The third kappa shape index (κ3) is 4.46. The number of hydrogen-bond donors (Lipinski definition) is 5. The van der Waals surface area contributed by atoms with E-state index in [2.05, 4.69) is 34.1 Å². The van der Waals surface area contributed by atoms with E-state index in [-0.39, 0.29) is 6.61 Å². The lowest BCUT2D eigenvalue weighted by Gasteiger charge is -2.14. The molecule has 0 spiro atoms. The molecule has 0 unspecified atom stereocenters. The smallest absolute Gasteiger partial charge is 0.220 e. The van der Waals surface area contributed by atoms with Crippen molar-refractivity contribution in [3.8, 4) is 11.3 Å². The molecule has 7 N–H and O–H groups in total. The van der Waals surface area contributed by atoms with Crippen LogP contribution in [0.3, 0.4) is 0 Å². The summed E-state index contributed by atoms with van der Waals surface area (Å²) in [7, 11) is 0. The standard InChI is InChI=1S/C25H28N4O2/c26-18-7-9-21-22-10-8-19(27)14-24(22)29(12-4-11-28-15-20(31)16-30)25(23(21)13-18)17-5-2-1-3-6-17/h1-3,5-10,13-14,20,27-28,30-31H,4,11-12,15-16,26H2/p+1/t20-/m0/s1. The van der Waals surface area contributed by atoms with Gasteiger partial charge >= 0.3 is 0 Å². The second-order valence-electron chi connectivity index (χ2n) is 7.84. The van der Waals surface area contributed by atoms with Gasteiger partial charge in [0.2, 0.25) is 11.2 Å². The van der Waals surface area contributed by atoms with Crippen molar-refractivity contribution < 1.29 is 14.8 Å². The Labute approximate surface area is 181 Å². The van der Waals surface area contributed by atoms with Crippen LogP contribution in [-0.4, -0.2) is 36.0 Å². The van der Waals surface area contributed by atoms with Crippen LogP contribution in [0.4, 0.5) is 11.4 Å². The number of fused-ring (bicyclic) bond motifs is 3. The van der Waals surface area contributed by atoms with Crippen LogP contribution in [0.2, 0.25) is 0 Å². The van der Waals surface area contributed by atoms with Crippen LogP contribution < -0.4 is 21.4 Å². The second kappa shape index (κ2) is 9.31. The topological polar surface area (TPSA) is 108 Å². The van der Waals surface area contributed by atoms with Gasteiger partial charge in [0.1, 0.15) is 0 Å². The normalized spacial score (nSPS) is 12.5. The van der Waals surface area contributed by atoms with Gasteiger partial charge in [-0.3, -0.25) is 0 Å². The van der Waals surface area contributed by atoms with Crippen LogP contribution in [0.15, 0.2) is 66.7 Å². The third-order valence-electron chi connectivity index (χ3n) is 5.54. The first-order chi connectivity index (χ1) is 15.1. The Morgan fingerprint density at radius 3 is 2.32 bits per heavy atom. The molecule has 160 valence electrons. The lowest BCUT2D eigenvalue weighted by Crippen LogP contribution is -2.39. The molecule has 0 aliphatic rings. The fourth-order valence-corrected chi connectivity index (χ4v) is 4.09. The van der Waals surface area contributed by atoms with Crippen molar-refractivity contribution in [3.05, 3.63) is 66.7 Å². The summed E-state index contributed by atoms with van der Waals surface area (Å²) >= 11 is 0. The first-order valence-electron chi connectivity index (χ1n) is 10.6. The lowest BCUT2D eigenvalue weighted by atomic mass is 9.98. The van der Waals surface area contributed by atoms with E-state index in [1.165, 1.54) is 0 Å². The molecule has 1 atom stereocenters. The van der Waals surface area contributed by atoms with Crippen LogP contribution in [0, 0.1) is 0 Å². The molecule has 6 nitrogen and oxygen atoms in total. The maximum atomic E-state index is 9.54. The van der Waals surface area contributed by atoms with Crippen molar-refractivity contribution in [2.24, 2.45) is 0 Å². The maximum absolute atomic E-state index is 9.54. The Bertz CT molecular complexity index is 1190. The van der Waals surface area contributed by atoms with Gasteiger partial charge in [-0.1, -0.05) is 24.3 Å². The number of rotatable bonds is 8. The Morgan fingerprint density at radius 1 is 0.871 bits per heavy atom. The molecule has 1 heterocycles. The Balaban J connectivity index is 1.85. The molecule has 0 saturated heterocycles. The summed E-state index contributed by atoms with van der Waals surface area (Å²) in [5.41, 5.74) is 17.1. The van der Waals surface area contributed by atoms with Gasteiger partial charge in [0.25, 0.3) is 0 Å². The highest BCUT2D eigenvalue weighted by atomic mass is 16.3. The maximum Gasteiger partial charge on any atom is 0.220 e. The first kappa shape index (κ1) is 21.1. The summed E-state index contributed by atoms with van der Waals surface area (Å²) in [4.78, 5) is 0. The molecule has 0 fully saturated rings. The minimum absolute atomic E-state index is 0.240. The summed E-state index contributed by atoms with van der Waals surface area (Å²) < 4.78 is 2.31. The molecule has 0 aliphatic carbocycles. The predicted molar refractivity (Wildman–Crippen MR) is 126 cm³/mol. The monoisotopic (exact) mass is 417 g/mol. The largest absolute Gasteiger partial charge is 0.399 e. The van der Waals surface area contributed by atoms with Crippen molar-refractivity contribution in [1.82, 2.24) is 5.32 Å². The number of nitrogens with two attached hydrogens (primary N) is 2. The number of hydrogen-bond acceptors (Lipinski definition) is 5. The molecule has 4 rings (SSSR count). The number of pyridine rings is 1. The highest BCUT2D eigenvalue weighted by molar-refractivity contribution is 6.10. The average molecular weight is 418 g/mol. The van der Waals surface area contributed by atoms with Gasteiger partial charge < -0.3 is 27.0 Å². The van der Waals surface area contributed by atoms with Crippen molar-refractivity contribution >= 4 is 33.1 Å². The van der Waals surface area contributed by atoms with E-state index >= 15 is 0 Å². The highest BCUT2D eigenvalue weighted by Crippen LogP contribution is 2.33. The molecule has 31 heavy (non-hydrogen) atoms. The van der Waals surface area contributed by atoms with E-state index in [1.54, 1.807) is 0 Å². The second-order valence-corrected chi connectivity index (χ2v) is 7.84. The summed E-state index contributed by atoms with van der Waals surface area (Å²) in [6.45, 7) is 1.61. The van der Waals surface area contributed by atoms with Crippen molar-refractivity contribution in [2.45, 2.75) is 19.1 Å². The van der Waals surface area contributed by atoms with Crippen LogP contribution in [-0.2, 0) is 6.54 Å². The van der Waals surface area contributed by atoms with Gasteiger partial charge in [0, 0.05) is 47.9 Å². The molecule has 0 amide bonds. The Hall–Kier alpha value is -3.19. The van der Waals surface area contributed by atoms with Gasteiger partial charge in [-0.15, -0.1) is 0 Å². The Kier molecular flexibility index (Phi) is 6.32. The molecule has 6 heteroatoms. The van der Waals surface area contributed by atoms with Gasteiger partial charge in [0.05, 0.1) is 23.5 Å². The van der Waals surface area contributed by atoms with Gasteiger partial charge in [-0.25, -0.2) is 0 Å².